The van der Waals surface area contributed by atoms with E-state index in [1.165, 1.54) is 0 Å². The number of benzene rings is 1. The van der Waals surface area contributed by atoms with Crippen LogP contribution in [0.5, 0.6) is 0 Å². The minimum atomic E-state index is -0.541. The third-order valence-corrected chi connectivity index (χ3v) is 3.33. The van der Waals surface area contributed by atoms with Crippen LogP contribution in [-0.4, -0.2) is 5.24 Å². The SMILES string of the molecule is Cc1ccc(C(=O)Cl)c(Cl)c1Br. The van der Waals surface area contributed by atoms with Gasteiger partial charge in [0, 0.05) is 4.47 Å². The van der Waals surface area contributed by atoms with Crippen LogP contribution in [0, 0.1) is 6.92 Å². The molecule has 0 aromatic heterocycles. The Morgan fingerprint density at radius 1 is 1.50 bits per heavy atom. The van der Waals surface area contributed by atoms with Crippen LogP contribution in [0.4, 0.5) is 0 Å². The molecule has 0 fully saturated rings. The molecule has 0 spiro atoms. The molecule has 0 saturated heterocycles. The fourth-order valence-corrected chi connectivity index (χ4v) is 1.65. The molecule has 0 heterocycles. The molecule has 0 aliphatic heterocycles. The zero-order valence-corrected chi connectivity index (χ0v) is 9.29. The van der Waals surface area contributed by atoms with Crippen LogP contribution in [-0.2, 0) is 0 Å². The van der Waals surface area contributed by atoms with Gasteiger partial charge in [0.2, 0.25) is 0 Å². The Morgan fingerprint density at radius 2 is 2.08 bits per heavy atom. The van der Waals surface area contributed by atoms with Crippen molar-refractivity contribution in [2.75, 3.05) is 0 Å². The summed E-state index contributed by atoms with van der Waals surface area (Å²) in [4.78, 5) is 10.8. The van der Waals surface area contributed by atoms with E-state index in [0.29, 0.717) is 10.6 Å². The number of carbonyl (C=O) groups is 1. The number of aryl methyl sites for hydroxylation is 1. The number of hydrogen-bond acceptors (Lipinski definition) is 1. The van der Waals surface area contributed by atoms with Crippen molar-refractivity contribution in [1.82, 2.24) is 0 Å². The van der Waals surface area contributed by atoms with Gasteiger partial charge in [-0.2, -0.15) is 0 Å². The van der Waals surface area contributed by atoms with Gasteiger partial charge in [0.05, 0.1) is 10.6 Å². The van der Waals surface area contributed by atoms with Gasteiger partial charge in [-0.1, -0.05) is 17.7 Å². The first-order valence-electron chi connectivity index (χ1n) is 3.18. The number of hydrogen-bond donors (Lipinski definition) is 0. The van der Waals surface area contributed by atoms with Crippen molar-refractivity contribution < 1.29 is 4.79 Å². The molecule has 4 heteroatoms. The maximum absolute atomic E-state index is 10.8. The van der Waals surface area contributed by atoms with E-state index in [9.17, 15) is 4.79 Å². The highest BCUT2D eigenvalue weighted by Gasteiger charge is 2.11. The van der Waals surface area contributed by atoms with Gasteiger partial charge in [0.25, 0.3) is 5.24 Å². The summed E-state index contributed by atoms with van der Waals surface area (Å²) in [5, 5.41) is -0.171. The van der Waals surface area contributed by atoms with Gasteiger partial charge in [-0.15, -0.1) is 0 Å². The highest BCUT2D eigenvalue weighted by molar-refractivity contribution is 9.10. The van der Waals surface area contributed by atoms with Crippen molar-refractivity contribution in [2.24, 2.45) is 0 Å². The Kier molecular flexibility index (Phi) is 3.16. The molecule has 0 atom stereocenters. The first-order valence-corrected chi connectivity index (χ1v) is 4.73. The number of rotatable bonds is 1. The maximum Gasteiger partial charge on any atom is 0.253 e. The lowest BCUT2D eigenvalue weighted by atomic mass is 10.2. The first-order chi connectivity index (χ1) is 5.54. The molecule has 12 heavy (non-hydrogen) atoms. The van der Waals surface area contributed by atoms with Gasteiger partial charge in [0.1, 0.15) is 0 Å². The molecule has 1 aromatic rings. The first kappa shape index (κ1) is 10.0. The standard InChI is InChI=1S/C8H5BrCl2O/c1-4-2-3-5(8(11)12)7(10)6(4)9/h2-3H,1H3. The van der Waals surface area contributed by atoms with Gasteiger partial charge < -0.3 is 0 Å². The van der Waals surface area contributed by atoms with E-state index in [2.05, 4.69) is 15.9 Å². The summed E-state index contributed by atoms with van der Waals surface area (Å²) in [6.07, 6.45) is 0. The lowest BCUT2D eigenvalue weighted by molar-refractivity contribution is 0.108. The molecule has 0 radical (unpaired) electrons. The summed E-state index contributed by atoms with van der Waals surface area (Å²) in [6.45, 7) is 1.89. The second kappa shape index (κ2) is 3.77. The summed E-state index contributed by atoms with van der Waals surface area (Å²) in [5.41, 5.74) is 1.30. The topological polar surface area (TPSA) is 17.1 Å². The Morgan fingerprint density at radius 3 is 2.58 bits per heavy atom. The predicted octanol–water partition coefficient (Wildman–Crippen LogP) is 3.79. The molecule has 0 aliphatic carbocycles. The summed E-state index contributed by atoms with van der Waals surface area (Å²) in [7, 11) is 0. The molecule has 1 nitrogen and oxygen atoms in total. The average Bonchev–Trinajstić information content (AvgIpc) is 2.00. The molecule has 0 saturated carbocycles. The van der Waals surface area contributed by atoms with E-state index in [1.54, 1.807) is 12.1 Å². The van der Waals surface area contributed by atoms with Gasteiger partial charge in [-0.25, -0.2) is 0 Å². The van der Waals surface area contributed by atoms with E-state index in [0.717, 1.165) is 10.0 Å². The molecule has 0 amide bonds. The van der Waals surface area contributed by atoms with Crippen molar-refractivity contribution in [3.8, 4) is 0 Å². The fourth-order valence-electron chi connectivity index (χ4n) is 0.798. The maximum atomic E-state index is 10.8. The van der Waals surface area contributed by atoms with Gasteiger partial charge in [-0.05, 0) is 46.1 Å². The molecule has 0 unspecified atom stereocenters. The highest BCUT2D eigenvalue weighted by Crippen LogP contribution is 2.30. The number of halogens is 3. The average molecular weight is 268 g/mol. The molecule has 0 N–H and O–H groups in total. The lowest BCUT2D eigenvalue weighted by Gasteiger charge is -2.03. The monoisotopic (exact) mass is 266 g/mol. The molecule has 0 aliphatic rings. The molecular formula is C8H5BrCl2O. The summed E-state index contributed by atoms with van der Waals surface area (Å²) in [5.74, 6) is 0. The summed E-state index contributed by atoms with van der Waals surface area (Å²) < 4.78 is 0.718. The molecular weight excluding hydrogens is 263 g/mol. The van der Waals surface area contributed by atoms with Gasteiger partial charge in [0.15, 0.2) is 0 Å². The van der Waals surface area contributed by atoms with E-state index in [1.807, 2.05) is 6.92 Å². The Balaban J connectivity index is 3.36. The lowest BCUT2D eigenvalue weighted by Crippen LogP contribution is -1.91. The van der Waals surface area contributed by atoms with Crippen LogP contribution < -0.4 is 0 Å². The minimum absolute atomic E-state index is 0.329. The zero-order chi connectivity index (χ0) is 9.30. The van der Waals surface area contributed by atoms with E-state index in [-0.39, 0.29) is 0 Å². The minimum Gasteiger partial charge on any atom is -0.276 e. The van der Waals surface area contributed by atoms with Crippen molar-refractivity contribution in [1.29, 1.82) is 0 Å². The molecule has 1 aromatic carbocycles. The van der Waals surface area contributed by atoms with Crippen LogP contribution in [0.15, 0.2) is 16.6 Å². The Bertz CT molecular complexity index is 336. The van der Waals surface area contributed by atoms with Gasteiger partial charge >= 0.3 is 0 Å². The predicted molar refractivity (Wildman–Crippen MR) is 54.1 cm³/mol. The van der Waals surface area contributed by atoms with Crippen LogP contribution >= 0.6 is 39.1 Å². The third-order valence-electron chi connectivity index (χ3n) is 1.49. The van der Waals surface area contributed by atoms with Gasteiger partial charge in [-0.3, -0.25) is 4.79 Å². The van der Waals surface area contributed by atoms with Crippen molar-refractivity contribution in [3.05, 3.63) is 32.8 Å². The van der Waals surface area contributed by atoms with Crippen molar-refractivity contribution >= 4 is 44.4 Å². The van der Waals surface area contributed by atoms with E-state index < -0.39 is 5.24 Å². The fraction of sp³-hybridized carbons (Fsp3) is 0.125. The molecule has 0 bridgehead atoms. The molecule has 64 valence electrons. The van der Waals surface area contributed by atoms with Crippen molar-refractivity contribution in [2.45, 2.75) is 6.92 Å². The quantitative estimate of drug-likeness (QED) is 0.708. The molecule has 1 rings (SSSR count). The highest BCUT2D eigenvalue weighted by atomic mass is 79.9. The van der Waals surface area contributed by atoms with Crippen LogP contribution in [0.1, 0.15) is 15.9 Å². The second-order valence-corrected chi connectivity index (χ2v) is 3.85. The summed E-state index contributed by atoms with van der Waals surface area (Å²) >= 11 is 14.4. The smallest absolute Gasteiger partial charge is 0.253 e. The normalized spacial score (nSPS) is 10.0. The largest absolute Gasteiger partial charge is 0.276 e. The Hall–Kier alpha value is -0.0500. The summed E-state index contributed by atoms with van der Waals surface area (Å²) in [6, 6.07) is 3.39. The van der Waals surface area contributed by atoms with E-state index in [4.69, 9.17) is 23.2 Å². The third kappa shape index (κ3) is 1.82. The van der Waals surface area contributed by atoms with Crippen LogP contribution in [0.2, 0.25) is 5.02 Å². The number of carbonyl (C=O) groups excluding carboxylic acids is 1. The zero-order valence-electron chi connectivity index (χ0n) is 6.20. The van der Waals surface area contributed by atoms with E-state index >= 15 is 0 Å². The van der Waals surface area contributed by atoms with Crippen LogP contribution in [0.3, 0.4) is 0 Å². The van der Waals surface area contributed by atoms with Crippen LogP contribution in [0.25, 0.3) is 0 Å². The second-order valence-electron chi connectivity index (χ2n) is 2.33. The Labute approximate surface area is 88.8 Å². The van der Waals surface area contributed by atoms with Crippen molar-refractivity contribution in [3.63, 3.8) is 0 Å².